The van der Waals surface area contributed by atoms with E-state index in [-0.39, 0.29) is 39.4 Å². The zero-order valence-corrected chi connectivity index (χ0v) is 18.8. The zero-order valence-electron chi connectivity index (χ0n) is 18.0. The summed E-state index contributed by atoms with van der Waals surface area (Å²) in [6.45, 7) is 2.21. The molecule has 1 fully saturated rings. The van der Waals surface area contributed by atoms with Gasteiger partial charge in [0.25, 0.3) is 5.91 Å². The molecule has 2 heterocycles. The molecule has 2 aromatic rings. The van der Waals surface area contributed by atoms with Crippen molar-refractivity contribution in [2.24, 2.45) is 16.6 Å². The molecule has 1 amide bonds. The Morgan fingerprint density at radius 1 is 1.42 bits per heavy atom. The maximum Gasteiger partial charge on any atom is 0.274 e. The number of benzene rings is 1. The molecule has 10 heteroatoms. The maximum atomic E-state index is 15.0. The molecule has 3 atom stereocenters. The second-order valence-corrected chi connectivity index (χ2v) is 9.54. The fraction of sp³-hybridized carbons (Fsp3) is 0.348. The number of rotatable bonds is 7. The van der Waals surface area contributed by atoms with Gasteiger partial charge in [-0.2, -0.15) is 0 Å². The molecular formula is C23H22F2N4O3S. The van der Waals surface area contributed by atoms with Gasteiger partial charge in [0.05, 0.1) is 23.1 Å². The highest BCUT2D eigenvalue weighted by Gasteiger charge is 2.66. The fourth-order valence-corrected chi connectivity index (χ4v) is 5.73. The van der Waals surface area contributed by atoms with Gasteiger partial charge in [-0.1, -0.05) is 17.7 Å². The Bertz CT molecular complexity index is 1170. The number of hydrogen-bond acceptors (Lipinski definition) is 7. The first kappa shape index (κ1) is 23.0. The summed E-state index contributed by atoms with van der Waals surface area (Å²) in [5, 5.41) is 2.86. The smallest absolute Gasteiger partial charge is 0.274 e. The average molecular weight is 473 g/mol. The van der Waals surface area contributed by atoms with E-state index in [9.17, 15) is 13.6 Å². The van der Waals surface area contributed by atoms with Crippen molar-refractivity contribution in [2.45, 2.75) is 23.6 Å². The Labute approximate surface area is 194 Å². The number of nitrogens with zero attached hydrogens (tertiary/aromatic N) is 2. The Morgan fingerprint density at radius 2 is 2.21 bits per heavy atom. The summed E-state index contributed by atoms with van der Waals surface area (Å²) in [6.07, 6.45) is 7.19. The number of anilines is 1. The van der Waals surface area contributed by atoms with Gasteiger partial charge in [-0.3, -0.25) is 9.79 Å². The Kier molecular flexibility index (Phi) is 6.03. The monoisotopic (exact) mass is 472 g/mol. The summed E-state index contributed by atoms with van der Waals surface area (Å²) in [4.78, 5) is 21.1. The lowest BCUT2D eigenvalue weighted by molar-refractivity contribution is 0.102. The van der Waals surface area contributed by atoms with Crippen molar-refractivity contribution in [3.05, 3.63) is 53.4 Å². The van der Waals surface area contributed by atoms with Crippen LogP contribution in [-0.2, 0) is 10.3 Å². The number of carbonyl (C=O) groups excluding carboxylic acids is 1. The Hall–Kier alpha value is -3.16. The lowest BCUT2D eigenvalue weighted by atomic mass is 9.85. The number of fused-ring (bicyclic) bond motifs is 1. The molecule has 172 valence electrons. The van der Waals surface area contributed by atoms with Crippen molar-refractivity contribution < 1.29 is 23.0 Å². The number of methoxy groups -OCH3 is 1. The van der Waals surface area contributed by atoms with Crippen LogP contribution in [0.2, 0.25) is 0 Å². The zero-order chi connectivity index (χ0) is 23.8. The number of thioether (sulfide) groups is 1. The van der Waals surface area contributed by atoms with E-state index >= 15 is 0 Å². The van der Waals surface area contributed by atoms with E-state index < -0.39 is 23.1 Å². The van der Waals surface area contributed by atoms with Crippen molar-refractivity contribution in [2.75, 3.05) is 25.6 Å². The molecule has 1 aromatic heterocycles. The van der Waals surface area contributed by atoms with Crippen LogP contribution in [0.1, 0.15) is 29.4 Å². The first-order valence-electron chi connectivity index (χ1n) is 10.1. The summed E-state index contributed by atoms with van der Waals surface area (Å²) in [5.74, 6) is -0.0789. The first-order chi connectivity index (χ1) is 15.7. The molecule has 1 aliphatic carbocycles. The number of nitrogens with two attached hydrogens (primary N) is 1. The van der Waals surface area contributed by atoms with Gasteiger partial charge in [-0.25, -0.2) is 13.8 Å². The van der Waals surface area contributed by atoms with Crippen LogP contribution in [-0.4, -0.2) is 41.1 Å². The van der Waals surface area contributed by atoms with Gasteiger partial charge in [-0.05, 0) is 31.5 Å². The van der Waals surface area contributed by atoms with Gasteiger partial charge in [-0.15, -0.1) is 6.42 Å². The molecule has 33 heavy (non-hydrogen) atoms. The van der Waals surface area contributed by atoms with Crippen LogP contribution in [0, 0.1) is 29.9 Å². The minimum Gasteiger partial charge on any atom is -0.479 e. The molecule has 0 bridgehead atoms. The number of hydrogen-bond donors (Lipinski definition) is 2. The fourth-order valence-electron chi connectivity index (χ4n) is 4.28. The van der Waals surface area contributed by atoms with Crippen LogP contribution in [0.5, 0.6) is 5.75 Å². The number of carbonyl (C=O) groups is 1. The molecule has 0 radical (unpaired) electrons. The molecule has 0 unspecified atom stereocenters. The second-order valence-electron chi connectivity index (χ2n) is 8.10. The third kappa shape index (κ3) is 4.26. The predicted molar refractivity (Wildman–Crippen MR) is 122 cm³/mol. The lowest BCUT2D eigenvalue weighted by Crippen LogP contribution is -2.38. The highest BCUT2D eigenvalue weighted by molar-refractivity contribution is 8.15. The van der Waals surface area contributed by atoms with Gasteiger partial charge < -0.3 is 20.5 Å². The number of amidine groups is 1. The highest BCUT2D eigenvalue weighted by Crippen LogP contribution is 2.66. The number of terminal acetylenes is 1. The quantitative estimate of drug-likeness (QED) is 0.600. The number of amides is 1. The molecule has 7 nitrogen and oxygen atoms in total. The standard InChI is InChI=1S/C23H22F2N4O3S/c1-4-7-32-14-5-6-17(27-11-14)20(30)28-13-8-15(19(25)16(24)9-13)22(2)18-10-23(18,12-31-3)33-21(26)29-22/h1,5-6,8-9,11,18H,7,10,12H2,2-3H3,(H2,26,29)(H,28,30)/t18-,22+,23+/m0/s1. The first-order valence-corrected chi connectivity index (χ1v) is 10.9. The van der Waals surface area contributed by atoms with E-state index in [1.54, 1.807) is 14.0 Å². The highest BCUT2D eigenvalue weighted by atomic mass is 32.2. The summed E-state index contributed by atoms with van der Waals surface area (Å²) >= 11 is 1.40. The number of halogens is 2. The van der Waals surface area contributed by atoms with Gasteiger partial charge in [0, 0.05) is 30.3 Å². The van der Waals surface area contributed by atoms with Crippen molar-refractivity contribution >= 4 is 28.5 Å². The van der Waals surface area contributed by atoms with E-state index in [1.807, 2.05) is 0 Å². The number of nitrogens with one attached hydrogen (secondary N) is 1. The van der Waals surface area contributed by atoms with Crippen LogP contribution in [0.15, 0.2) is 35.5 Å². The molecule has 1 aromatic carbocycles. The number of pyridine rings is 1. The third-order valence-corrected chi connectivity index (χ3v) is 7.14. The Morgan fingerprint density at radius 3 is 2.88 bits per heavy atom. The summed E-state index contributed by atoms with van der Waals surface area (Å²) < 4.78 is 39.8. The molecular weight excluding hydrogens is 450 g/mol. The Balaban J connectivity index is 1.61. The number of aromatic nitrogens is 1. The van der Waals surface area contributed by atoms with Crippen LogP contribution in [0.3, 0.4) is 0 Å². The maximum absolute atomic E-state index is 15.0. The van der Waals surface area contributed by atoms with Crippen LogP contribution in [0.25, 0.3) is 0 Å². The minimum absolute atomic E-state index is 0.0232. The molecule has 1 aliphatic heterocycles. The summed E-state index contributed by atoms with van der Waals surface area (Å²) in [7, 11) is 1.59. The van der Waals surface area contributed by atoms with Gasteiger partial charge >= 0.3 is 0 Å². The van der Waals surface area contributed by atoms with Crippen LogP contribution in [0.4, 0.5) is 14.5 Å². The summed E-state index contributed by atoms with van der Waals surface area (Å²) in [5.41, 5.74) is 5.11. The van der Waals surface area contributed by atoms with Gasteiger partial charge in [0.15, 0.2) is 16.8 Å². The van der Waals surface area contributed by atoms with Crippen LogP contribution < -0.4 is 15.8 Å². The predicted octanol–water partition coefficient (Wildman–Crippen LogP) is 3.31. The molecule has 4 rings (SSSR count). The SMILES string of the molecule is C#CCOc1ccc(C(=O)Nc2cc(F)c(F)c([C@@]3(C)N=C(N)S[C@@]4(COC)C[C@H]43)c2)nc1. The largest absolute Gasteiger partial charge is 0.479 e. The molecule has 0 spiro atoms. The molecule has 0 saturated heterocycles. The van der Waals surface area contributed by atoms with Crippen molar-refractivity contribution in [1.82, 2.24) is 4.98 Å². The van der Waals surface area contributed by atoms with E-state index in [0.717, 1.165) is 6.07 Å². The molecule has 1 saturated carbocycles. The van der Waals surface area contributed by atoms with Crippen molar-refractivity contribution in [3.63, 3.8) is 0 Å². The second kappa shape index (κ2) is 8.65. The number of ether oxygens (including phenoxy) is 2. The van der Waals surface area contributed by atoms with E-state index in [2.05, 4.69) is 21.2 Å². The summed E-state index contributed by atoms with van der Waals surface area (Å²) in [6, 6.07) is 5.29. The van der Waals surface area contributed by atoms with E-state index in [0.29, 0.717) is 18.8 Å². The molecule has 3 N–H and O–H groups in total. The van der Waals surface area contributed by atoms with Gasteiger partial charge in [0.1, 0.15) is 18.1 Å². The van der Waals surface area contributed by atoms with Crippen LogP contribution >= 0.6 is 11.8 Å². The molecule has 2 aliphatic rings. The topological polar surface area (TPSA) is 98.8 Å². The average Bonchev–Trinajstić information content (AvgIpc) is 3.49. The van der Waals surface area contributed by atoms with E-state index in [1.165, 1.54) is 36.2 Å². The third-order valence-electron chi connectivity index (χ3n) is 5.86. The minimum atomic E-state index is -1.10. The number of aliphatic imine (C=N–C) groups is 1. The van der Waals surface area contributed by atoms with Crippen molar-refractivity contribution in [3.8, 4) is 18.1 Å². The van der Waals surface area contributed by atoms with Crippen molar-refractivity contribution in [1.29, 1.82) is 0 Å². The lowest BCUT2D eigenvalue weighted by Gasteiger charge is -2.34. The van der Waals surface area contributed by atoms with E-state index in [4.69, 9.17) is 21.6 Å². The van der Waals surface area contributed by atoms with Gasteiger partial charge in [0.2, 0.25) is 0 Å². The normalized spacial score (nSPS) is 25.4.